The molecule has 0 fully saturated rings. The molecule has 9 heteroatoms. The minimum absolute atomic E-state index is 0.000743. The number of nitrogens with zero attached hydrogens (tertiary/aromatic N) is 1. The molecule has 480 valence electrons. The zero-order chi connectivity index (χ0) is 59.1. The van der Waals surface area contributed by atoms with Gasteiger partial charge in [-0.15, -0.1) is 0 Å². The third-order valence-electron chi connectivity index (χ3n) is 16.6. The number of hydrogen-bond donors (Lipinski definition) is 2. The highest BCUT2D eigenvalue weighted by atomic mass is 31.2. The minimum atomic E-state index is -4.60. The van der Waals surface area contributed by atoms with Gasteiger partial charge >= 0.3 is 0 Å². The Morgan fingerprint density at radius 2 is 0.716 bits per heavy atom. The standard InChI is InChI=1S/C72H141N2O6P/c1-6-8-10-12-14-16-18-20-22-24-26-28-30-31-32-33-34-35-36-37-38-39-40-41-42-43-44-46-48-50-52-54-56-58-60-62-64-66-72(76)73-70(69-80-81(77,78)79-68-67-74(3,4)5)71(75)65-63-61-59-57-55-53-51-49-47-45-29-27-25-23-21-19-17-15-13-11-9-7-2/h32-33,35-36,63,65,70-71,75H,6-31,34,37-62,64,66-69H2,1-5H3,(H-,73,76,77,78)/b33-32-,36-35-,65-63+. The SMILES string of the molecule is CCCCCCCCCCCCCCC/C=C\C/C=C\CCCCCCCCCCCCCCCCCCCC(=O)NC(COP(=O)([O-])OCC[N+](C)(C)C)C(O)/C=C/CCCCCCCCCCCCCCCCCCCCCC. The number of allylic oxidation sites excluding steroid dienone is 5. The number of carbonyl (C=O) groups excluding carboxylic acids is 1. The minimum Gasteiger partial charge on any atom is -0.756 e. The molecule has 0 aliphatic carbocycles. The first-order chi connectivity index (χ1) is 39.5. The number of hydrogen-bond acceptors (Lipinski definition) is 6. The predicted octanol–water partition coefficient (Wildman–Crippen LogP) is 22.2. The molecule has 0 aromatic rings. The van der Waals surface area contributed by atoms with Crippen molar-refractivity contribution in [3.63, 3.8) is 0 Å². The molecule has 8 nitrogen and oxygen atoms in total. The molecule has 0 aromatic carbocycles. The Kier molecular flexibility index (Phi) is 62.2. The lowest BCUT2D eigenvalue weighted by molar-refractivity contribution is -0.870. The average molecular weight is 1160 g/mol. The largest absolute Gasteiger partial charge is 0.756 e. The predicted molar refractivity (Wildman–Crippen MR) is 353 cm³/mol. The number of aliphatic hydroxyl groups is 1. The van der Waals surface area contributed by atoms with Gasteiger partial charge in [0.25, 0.3) is 7.82 Å². The second kappa shape index (κ2) is 63.2. The number of amides is 1. The molecular formula is C72H141N2O6P. The molecule has 0 aliphatic heterocycles. The van der Waals surface area contributed by atoms with E-state index >= 15 is 0 Å². The Bertz CT molecular complexity index is 1410. The van der Waals surface area contributed by atoms with Crippen LogP contribution in [0.25, 0.3) is 0 Å². The number of nitrogens with one attached hydrogen (secondary N) is 1. The van der Waals surface area contributed by atoms with Crippen LogP contribution in [-0.4, -0.2) is 68.5 Å². The van der Waals surface area contributed by atoms with E-state index < -0.39 is 20.0 Å². The Hall–Kier alpha value is -1.28. The van der Waals surface area contributed by atoms with Gasteiger partial charge in [0.1, 0.15) is 13.2 Å². The third kappa shape index (κ3) is 66.1. The van der Waals surface area contributed by atoms with E-state index in [9.17, 15) is 19.4 Å². The first-order valence-electron chi connectivity index (χ1n) is 35.9. The van der Waals surface area contributed by atoms with Gasteiger partial charge in [-0.2, -0.15) is 0 Å². The summed E-state index contributed by atoms with van der Waals surface area (Å²) in [4.78, 5) is 25.6. The van der Waals surface area contributed by atoms with E-state index in [1.807, 2.05) is 27.2 Å². The maximum atomic E-state index is 13.0. The topological polar surface area (TPSA) is 108 Å². The van der Waals surface area contributed by atoms with Crippen molar-refractivity contribution < 1.29 is 32.9 Å². The maximum Gasteiger partial charge on any atom is 0.268 e. The van der Waals surface area contributed by atoms with Crippen LogP contribution in [0.2, 0.25) is 0 Å². The van der Waals surface area contributed by atoms with Crippen molar-refractivity contribution in [1.82, 2.24) is 5.32 Å². The lowest BCUT2D eigenvalue weighted by Crippen LogP contribution is -2.45. The fourth-order valence-electron chi connectivity index (χ4n) is 11.0. The monoisotopic (exact) mass is 1160 g/mol. The Morgan fingerprint density at radius 1 is 0.432 bits per heavy atom. The van der Waals surface area contributed by atoms with Crippen LogP contribution in [0.15, 0.2) is 36.5 Å². The van der Waals surface area contributed by atoms with Crippen LogP contribution in [0.5, 0.6) is 0 Å². The quantitative estimate of drug-likeness (QED) is 0.0272. The van der Waals surface area contributed by atoms with Crippen LogP contribution in [0, 0.1) is 0 Å². The van der Waals surface area contributed by atoms with Crippen molar-refractivity contribution >= 4 is 13.7 Å². The first-order valence-corrected chi connectivity index (χ1v) is 37.3. The molecular weight excluding hydrogens is 1020 g/mol. The molecule has 3 atom stereocenters. The summed E-state index contributed by atoms with van der Waals surface area (Å²) in [5.74, 6) is -0.191. The van der Waals surface area contributed by atoms with Crippen LogP contribution < -0.4 is 10.2 Å². The zero-order valence-corrected chi connectivity index (χ0v) is 55.9. The third-order valence-corrected chi connectivity index (χ3v) is 17.6. The van der Waals surface area contributed by atoms with Crippen LogP contribution in [0.4, 0.5) is 0 Å². The van der Waals surface area contributed by atoms with E-state index in [1.54, 1.807) is 6.08 Å². The summed E-state index contributed by atoms with van der Waals surface area (Å²) in [6, 6.07) is -0.887. The summed E-state index contributed by atoms with van der Waals surface area (Å²) < 4.78 is 23.5. The van der Waals surface area contributed by atoms with Gasteiger partial charge in [-0.05, 0) is 51.4 Å². The van der Waals surface area contributed by atoms with Gasteiger partial charge in [0.05, 0.1) is 39.9 Å². The number of aliphatic hydroxyl groups excluding tert-OH is 1. The second-order valence-electron chi connectivity index (χ2n) is 25.9. The van der Waals surface area contributed by atoms with Crippen molar-refractivity contribution in [3.8, 4) is 0 Å². The average Bonchev–Trinajstić information content (AvgIpc) is 3.43. The lowest BCUT2D eigenvalue weighted by Gasteiger charge is -2.29. The molecule has 0 aliphatic rings. The molecule has 0 saturated carbocycles. The molecule has 0 bridgehead atoms. The van der Waals surface area contributed by atoms with Gasteiger partial charge in [-0.1, -0.05) is 346 Å². The highest BCUT2D eigenvalue weighted by Crippen LogP contribution is 2.38. The molecule has 1 amide bonds. The van der Waals surface area contributed by atoms with E-state index in [-0.39, 0.29) is 19.1 Å². The van der Waals surface area contributed by atoms with Gasteiger partial charge in [0, 0.05) is 6.42 Å². The van der Waals surface area contributed by atoms with Gasteiger partial charge in [0.15, 0.2) is 0 Å². The smallest absolute Gasteiger partial charge is 0.268 e. The fraction of sp³-hybridized carbons (Fsp3) is 0.903. The van der Waals surface area contributed by atoms with Gasteiger partial charge in [-0.3, -0.25) is 9.36 Å². The zero-order valence-electron chi connectivity index (χ0n) is 55.0. The van der Waals surface area contributed by atoms with Gasteiger partial charge in [0.2, 0.25) is 5.91 Å². The molecule has 0 aromatic heterocycles. The number of unbranched alkanes of at least 4 members (excludes halogenated alkanes) is 50. The number of phosphoric acid groups is 1. The number of likely N-dealkylation sites (N-methyl/N-ethyl adjacent to an activating group) is 1. The van der Waals surface area contributed by atoms with Crippen LogP contribution >= 0.6 is 7.82 Å². The molecule has 0 rings (SSSR count). The molecule has 2 N–H and O–H groups in total. The maximum absolute atomic E-state index is 13.0. The van der Waals surface area contributed by atoms with Crippen molar-refractivity contribution in [3.05, 3.63) is 36.5 Å². The normalized spacial score (nSPS) is 13.8. The number of carbonyl (C=O) groups is 1. The van der Waals surface area contributed by atoms with Crippen molar-refractivity contribution in [2.45, 2.75) is 379 Å². The number of phosphoric ester groups is 1. The molecule has 0 heterocycles. The molecule has 81 heavy (non-hydrogen) atoms. The summed E-state index contributed by atoms with van der Waals surface area (Å²) in [6.45, 7) is 4.71. The molecule has 3 unspecified atom stereocenters. The summed E-state index contributed by atoms with van der Waals surface area (Å²) in [7, 11) is 1.28. The van der Waals surface area contributed by atoms with Crippen LogP contribution in [-0.2, 0) is 18.4 Å². The first kappa shape index (κ1) is 79.7. The number of rotatable bonds is 67. The molecule has 0 spiro atoms. The number of quaternary nitrogens is 1. The van der Waals surface area contributed by atoms with Crippen LogP contribution in [0.3, 0.4) is 0 Å². The summed E-state index contributed by atoms with van der Waals surface area (Å²) in [5, 5.41) is 14.0. The molecule has 0 radical (unpaired) electrons. The Labute approximate surface area is 506 Å². The summed E-state index contributed by atoms with van der Waals surface area (Å²) in [5.41, 5.74) is 0. The van der Waals surface area contributed by atoms with E-state index in [0.29, 0.717) is 17.4 Å². The van der Waals surface area contributed by atoms with E-state index in [4.69, 9.17) is 9.05 Å². The van der Waals surface area contributed by atoms with E-state index in [1.165, 1.54) is 302 Å². The summed E-state index contributed by atoms with van der Waals surface area (Å²) >= 11 is 0. The van der Waals surface area contributed by atoms with Crippen LogP contribution in [0.1, 0.15) is 367 Å². The van der Waals surface area contributed by atoms with Gasteiger partial charge in [-0.25, -0.2) is 0 Å². The van der Waals surface area contributed by atoms with E-state index in [2.05, 4.69) is 43.5 Å². The lowest BCUT2D eigenvalue weighted by atomic mass is 10.0. The second-order valence-corrected chi connectivity index (χ2v) is 27.4. The Morgan fingerprint density at radius 3 is 1.02 bits per heavy atom. The Balaban J connectivity index is 3.98. The van der Waals surface area contributed by atoms with Crippen molar-refractivity contribution in [2.75, 3.05) is 40.9 Å². The van der Waals surface area contributed by atoms with E-state index in [0.717, 1.165) is 44.9 Å². The van der Waals surface area contributed by atoms with Gasteiger partial charge < -0.3 is 28.8 Å². The highest BCUT2D eigenvalue weighted by molar-refractivity contribution is 7.45. The van der Waals surface area contributed by atoms with Crippen molar-refractivity contribution in [2.24, 2.45) is 0 Å². The fourth-order valence-corrected chi connectivity index (χ4v) is 11.7. The van der Waals surface area contributed by atoms with Crippen molar-refractivity contribution in [1.29, 1.82) is 0 Å². The highest BCUT2D eigenvalue weighted by Gasteiger charge is 2.23. The molecule has 0 saturated heterocycles. The summed E-state index contributed by atoms with van der Waals surface area (Å²) in [6.07, 6.45) is 84.2.